The number of aliphatic carboxylic acids is 1. The van der Waals surface area contributed by atoms with Crippen LogP contribution in [0.5, 0.6) is 0 Å². The molecule has 7 heteroatoms. The highest BCUT2D eigenvalue weighted by Crippen LogP contribution is 2.09. The molecule has 0 saturated carbocycles. The van der Waals surface area contributed by atoms with E-state index in [0.29, 0.717) is 31.9 Å². The molecule has 1 aliphatic heterocycles. The van der Waals surface area contributed by atoms with Gasteiger partial charge in [0.25, 0.3) is 5.91 Å². The van der Waals surface area contributed by atoms with Crippen molar-refractivity contribution in [2.24, 2.45) is 0 Å². The molecule has 2 rings (SSSR count). The largest absolute Gasteiger partial charge is 0.480 e. The maximum atomic E-state index is 12.1. The third-order valence-electron chi connectivity index (χ3n) is 3.29. The molecule has 1 unspecified atom stereocenters. The van der Waals surface area contributed by atoms with Crippen LogP contribution in [0.1, 0.15) is 17.4 Å². The topological polar surface area (TPSA) is 86.6 Å². The molecule has 1 amide bonds. The fourth-order valence-corrected chi connectivity index (χ4v) is 2.04. The predicted molar refractivity (Wildman–Crippen MR) is 66.6 cm³/mol. The zero-order valence-corrected chi connectivity index (χ0v) is 10.7. The van der Waals surface area contributed by atoms with Crippen molar-refractivity contribution in [2.75, 3.05) is 26.2 Å². The average molecular weight is 264 g/mol. The summed E-state index contributed by atoms with van der Waals surface area (Å²) in [5.74, 6) is -0.996. The van der Waals surface area contributed by atoms with Gasteiger partial charge < -0.3 is 10.0 Å². The molecule has 2 heterocycles. The molecule has 0 aliphatic carbocycles. The molecule has 1 aromatic rings. The number of carbonyl (C=O) groups is 2. The van der Waals surface area contributed by atoms with Gasteiger partial charge in [-0.05, 0) is 6.92 Å². The Balaban J connectivity index is 1.93. The lowest BCUT2D eigenvalue weighted by atomic mass is 10.2. The molecule has 0 spiro atoms. The fourth-order valence-electron chi connectivity index (χ4n) is 2.04. The van der Waals surface area contributed by atoms with Crippen LogP contribution in [0, 0.1) is 0 Å². The molecule has 1 aliphatic rings. The molecule has 102 valence electrons. The summed E-state index contributed by atoms with van der Waals surface area (Å²) in [7, 11) is 0. The Labute approximate surface area is 110 Å². The number of carbonyl (C=O) groups excluding carboxylic acids is 1. The van der Waals surface area contributed by atoms with Crippen molar-refractivity contribution in [3.05, 3.63) is 24.3 Å². The first-order chi connectivity index (χ1) is 9.09. The zero-order chi connectivity index (χ0) is 13.8. The number of hydrogen-bond donors (Lipinski definition) is 1. The number of hydrogen-bond acceptors (Lipinski definition) is 5. The molecular formula is C12H16N4O3. The van der Waals surface area contributed by atoms with Crippen LogP contribution in [0.25, 0.3) is 0 Å². The minimum atomic E-state index is -0.839. The Kier molecular flexibility index (Phi) is 4.06. The number of carboxylic acids is 1. The van der Waals surface area contributed by atoms with Gasteiger partial charge >= 0.3 is 5.97 Å². The van der Waals surface area contributed by atoms with Crippen molar-refractivity contribution < 1.29 is 14.7 Å². The van der Waals surface area contributed by atoms with E-state index in [0.717, 1.165) is 0 Å². The monoisotopic (exact) mass is 264 g/mol. The molecule has 1 saturated heterocycles. The van der Waals surface area contributed by atoms with Crippen LogP contribution < -0.4 is 0 Å². The van der Waals surface area contributed by atoms with Gasteiger partial charge in [0.15, 0.2) is 0 Å². The summed E-state index contributed by atoms with van der Waals surface area (Å²) in [6.45, 7) is 3.78. The number of carboxylic acid groups (broad SMARTS) is 1. The Bertz CT molecular complexity index is 457. The first-order valence-corrected chi connectivity index (χ1v) is 6.11. The van der Waals surface area contributed by atoms with Crippen LogP contribution >= 0.6 is 0 Å². The van der Waals surface area contributed by atoms with E-state index in [4.69, 9.17) is 5.11 Å². The summed E-state index contributed by atoms with van der Waals surface area (Å²) in [5, 5.41) is 8.95. The van der Waals surface area contributed by atoms with Crippen molar-refractivity contribution in [3.63, 3.8) is 0 Å². The van der Waals surface area contributed by atoms with E-state index < -0.39 is 12.0 Å². The van der Waals surface area contributed by atoms with Crippen LogP contribution in [0.2, 0.25) is 0 Å². The highest BCUT2D eigenvalue weighted by Gasteiger charge is 2.27. The quantitative estimate of drug-likeness (QED) is 0.807. The minimum Gasteiger partial charge on any atom is -0.480 e. The van der Waals surface area contributed by atoms with Crippen molar-refractivity contribution in [1.29, 1.82) is 0 Å². The lowest BCUT2D eigenvalue weighted by Crippen LogP contribution is -2.53. The molecule has 0 aromatic carbocycles. The molecule has 1 fully saturated rings. The van der Waals surface area contributed by atoms with Crippen LogP contribution in [0.15, 0.2) is 18.6 Å². The zero-order valence-electron chi connectivity index (χ0n) is 10.7. The molecule has 0 radical (unpaired) electrons. The van der Waals surface area contributed by atoms with E-state index in [1.54, 1.807) is 11.8 Å². The van der Waals surface area contributed by atoms with Gasteiger partial charge in [-0.25, -0.2) is 4.98 Å². The van der Waals surface area contributed by atoms with Crippen LogP contribution in [-0.2, 0) is 4.79 Å². The summed E-state index contributed by atoms with van der Waals surface area (Å²) in [6.07, 6.45) is 4.44. The molecule has 1 atom stereocenters. The average Bonchev–Trinajstić information content (AvgIpc) is 2.46. The number of amides is 1. The van der Waals surface area contributed by atoms with E-state index in [1.807, 2.05) is 4.90 Å². The summed E-state index contributed by atoms with van der Waals surface area (Å²) in [6, 6.07) is -0.520. The van der Waals surface area contributed by atoms with E-state index in [2.05, 4.69) is 9.97 Å². The molecule has 1 N–H and O–H groups in total. The maximum absolute atomic E-state index is 12.1. The van der Waals surface area contributed by atoms with Crippen LogP contribution in [0.4, 0.5) is 0 Å². The standard InChI is InChI=1S/C12H16N4O3/c1-9(12(18)19)15-4-6-16(7-5-15)11(17)10-8-13-2-3-14-10/h2-3,8-9H,4-7H2,1H3,(H,18,19). The van der Waals surface area contributed by atoms with E-state index >= 15 is 0 Å². The summed E-state index contributed by atoms with van der Waals surface area (Å²) < 4.78 is 0. The van der Waals surface area contributed by atoms with Gasteiger partial charge in [-0.15, -0.1) is 0 Å². The summed E-state index contributed by atoms with van der Waals surface area (Å²) in [5.41, 5.74) is 0.322. The van der Waals surface area contributed by atoms with E-state index in [1.165, 1.54) is 18.6 Å². The van der Waals surface area contributed by atoms with Crippen LogP contribution in [0.3, 0.4) is 0 Å². The number of nitrogens with zero attached hydrogens (tertiary/aromatic N) is 4. The van der Waals surface area contributed by atoms with Crippen molar-refractivity contribution in [1.82, 2.24) is 19.8 Å². The van der Waals surface area contributed by atoms with Gasteiger partial charge in [0.2, 0.25) is 0 Å². The smallest absolute Gasteiger partial charge is 0.320 e. The highest BCUT2D eigenvalue weighted by atomic mass is 16.4. The van der Waals surface area contributed by atoms with E-state index in [9.17, 15) is 9.59 Å². The highest BCUT2D eigenvalue weighted by molar-refractivity contribution is 5.92. The predicted octanol–water partition coefficient (Wildman–Crippen LogP) is -0.292. The SMILES string of the molecule is CC(C(=O)O)N1CCN(C(=O)c2cnccn2)CC1. The van der Waals surface area contributed by atoms with Crippen molar-refractivity contribution in [2.45, 2.75) is 13.0 Å². The summed E-state index contributed by atoms with van der Waals surface area (Å²) in [4.78, 5) is 34.4. The second-order valence-electron chi connectivity index (χ2n) is 4.43. The Morgan fingerprint density at radius 2 is 1.95 bits per heavy atom. The third kappa shape index (κ3) is 3.05. The maximum Gasteiger partial charge on any atom is 0.320 e. The number of piperazine rings is 1. The lowest BCUT2D eigenvalue weighted by Gasteiger charge is -2.36. The van der Waals surface area contributed by atoms with Gasteiger partial charge in [-0.2, -0.15) is 0 Å². The van der Waals surface area contributed by atoms with Crippen LogP contribution in [-0.4, -0.2) is 69.0 Å². The second kappa shape index (κ2) is 5.75. The normalized spacial score (nSPS) is 18.1. The first kappa shape index (κ1) is 13.4. The fraction of sp³-hybridized carbons (Fsp3) is 0.500. The second-order valence-corrected chi connectivity index (χ2v) is 4.43. The number of rotatable bonds is 3. The van der Waals surface area contributed by atoms with Gasteiger partial charge in [0.1, 0.15) is 11.7 Å². The molecule has 0 bridgehead atoms. The first-order valence-electron chi connectivity index (χ1n) is 6.11. The molecular weight excluding hydrogens is 248 g/mol. The number of aromatic nitrogens is 2. The van der Waals surface area contributed by atoms with Gasteiger partial charge in [0, 0.05) is 38.6 Å². The Morgan fingerprint density at radius 3 is 2.47 bits per heavy atom. The Hall–Kier alpha value is -2.02. The minimum absolute atomic E-state index is 0.157. The third-order valence-corrected chi connectivity index (χ3v) is 3.29. The molecule has 1 aromatic heterocycles. The summed E-state index contributed by atoms with van der Waals surface area (Å²) >= 11 is 0. The van der Waals surface area contributed by atoms with Crippen molar-refractivity contribution in [3.8, 4) is 0 Å². The van der Waals surface area contributed by atoms with Gasteiger partial charge in [-0.1, -0.05) is 0 Å². The van der Waals surface area contributed by atoms with Crippen molar-refractivity contribution >= 4 is 11.9 Å². The van der Waals surface area contributed by atoms with E-state index in [-0.39, 0.29) is 5.91 Å². The molecule has 7 nitrogen and oxygen atoms in total. The lowest BCUT2D eigenvalue weighted by molar-refractivity contribution is -0.143. The molecule has 19 heavy (non-hydrogen) atoms. The van der Waals surface area contributed by atoms with Gasteiger partial charge in [-0.3, -0.25) is 19.5 Å². The Morgan fingerprint density at radius 1 is 1.26 bits per heavy atom. The van der Waals surface area contributed by atoms with Gasteiger partial charge in [0.05, 0.1) is 6.20 Å².